The molecule has 0 saturated heterocycles. The highest BCUT2D eigenvalue weighted by molar-refractivity contribution is 8.00. The molecule has 2 aromatic carbocycles. The summed E-state index contributed by atoms with van der Waals surface area (Å²) in [5.74, 6) is -0.779. The number of anilines is 1. The number of pyridine rings is 1. The number of aromatic nitrogens is 1. The Balaban J connectivity index is 1.57. The van der Waals surface area contributed by atoms with Crippen molar-refractivity contribution in [2.24, 2.45) is 0 Å². The van der Waals surface area contributed by atoms with Crippen LogP contribution in [0.1, 0.15) is 52.7 Å². The first-order chi connectivity index (χ1) is 14.8. The predicted octanol–water partition coefficient (Wildman–Crippen LogP) is 5.95. The fourth-order valence-electron chi connectivity index (χ4n) is 3.39. The first-order valence-electron chi connectivity index (χ1n) is 9.88. The largest absolute Gasteiger partial charge is 0.325 e. The van der Waals surface area contributed by atoms with Crippen molar-refractivity contribution in [3.8, 4) is 0 Å². The van der Waals surface area contributed by atoms with Crippen LogP contribution in [0.3, 0.4) is 0 Å². The molecule has 2 heterocycles. The van der Waals surface area contributed by atoms with Gasteiger partial charge in [-0.05, 0) is 59.3 Å². The first-order valence-corrected chi connectivity index (χ1v) is 11.1. The minimum absolute atomic E-state index is 0.0808. The summed E-state index contributed by atoms with van der Waals surface area (Å²) in [4.78, 5) is 32.5. The third-order valence-corrected chi connectivity index (χ3v) is 6.26. The van der Waals surface area contributed by atoms with Crippen molar-refractivity contribution in [2.45, 2.75) is 37.6 Å². The van der Waals surface area contributed by atoms with E-state index in [0.29, 0.717) is 16.9 Å². The van der Waals surface area contributed by atoms with E-state index in [4.69, 9.17) is 11.6 Å². The van der Waals surface area contributed by atoms with Crippen molar-refractivity contribution in [2.75, 3.05) is 4.72 Å². The summed E-state index contributed by atoms with van der Waals surface area (Å²) in [7, 11) is 0. The third kappa shape index (κ3) is 4.31. The molecular weight excluding hydrogens is 430 g/mol. The second kappa shape index (κ2) is 8.36. The van der Waals surface area contributed by atoms with Crippen molar-refractivity contribution >= 4 is 41.1 Å². The van der Waals surface area contributed by atoms with E-state index in [1.807, 2.05) is 18.2 Å². The smallest absolute Gasteiger partial charge is 0.264 e. The maximum Gasteiger partial charge on any atom is 0.264 e. The molecule has 158 valence electrons. The second-order valence-electron chi connectivity index (χ2n) is 8.34. The highest BCUT2D eigenvalue weighted by atomic mass is 35.5. The van der Waals surface area contributed by atoms with E-state index >= 15 is 0 Å². The molecule has 31 heavy (non-hydrogen) atoms. The molecule has 0 fully saturated rings. The third-order valence-electron chi connectivity index (χ3n) is 5.12. The molecule has 1 aliphatic heterocycles. The van der Waals surface area contributed by atoms with E-state index in [1.165, 1.54) is 22.4 Å². The Hall–Kier alpha value is -2.83. The summed E-state index contributed by atoms with van der Waals surface area (Å²) in [6.07, 6.45) is 1.63. The Kier molecular flexibility index (Phi) is 5.77. The summed E-state index contributed by atoms with van der Waals surface area (Å²) >= 11 is 7.68. The van der Waals surface area contributed by atoms with Gasteiger partial charge in [0.1, 0.15) is 0 Å². The van der Waals surface area contributed by atoms with Gasteiger partial charge in [0.2, 0.25) is 0 Å². The highest BCUT2D eigenvalue weighted by Crippen LogP contribution is 2.37. The minimum Gasteiger partial charge on any atom is -0.325 e. The van der Waals surface area contributed by atoms with Gasteiger partial charge in [-0.3, -0.25) is 19.5 Å². The number of hydrogen-bond acceptors (Lipinski definition) is 5. The Morgan fingerprint density at radius 2 is 1.68 bits per heavy atom. The normalized spacial score (nSPS) is 13.5. The molecule has 0 atom stereocenters. The number of hydrogen-bond donors (Lipinski definition) is 1. The fraction of sp³-hybridized carbons (Fsp3) is 0.208. The molecule has 1 aliphatic rings. The molecule has 2 amide bonds. The Bertz CT molecular complexity index is 1140. The highest BCUT2D eigenvalue weighted by Gasteiger charge is 2.39. The number of carbonyl (C=O) groups excluding carboxylic acids is 2. The molecule has 5 nitrogen and oxygen atoms in total. The predicted molar refractivity (Wildman–Crippen MR) is 125 cm³/mol. The van der Waals surface area contributed by atoms with Crippen LogP contribution < -0.4 is 4.72 Å². The number of imide groups is 1. The molecule has 0 bridgehead atoms. The Labute approximate surface area is 191 Å². The van der Waals surface area contributed by atoms with Gasteiger partial charge < -0.3 is 4.72 Å². The summed E-state index contributed by atoms with van der Waals surface area (Å²) in [5, 5.41) is 0.266. The number of halogens is 1. The van der Waals surface area contributed by atoms with Gasteiger partial charge in [0.05, 0.1) is 34.1 Å². The van der Waals surface area contributed by atoms with Gasteiger partial charge in [-0.25, -0.2) is 0 Å². The van der Waals surface area contributed by atoms with Crippen molar-refractivity contribution < 1.29 is 9.59 Å². The van der Waals surface area contributed by atoms with E-state index in [0.717, 1.165) is 4.90 Å². The van der Waals surface area contributed by atoms with Crippen molar-refractivity contribution in [1.82, 2.24) is 9.88 Å². The van der Waals surface area contributed by atoms with Gasteiger partial charge in [-0.2, -0.15) is 0 Å². The van der Waals surface area contributed by atoms with E-state index in [9.17, 15) is 9.59 Å². The van der Waals surface area contributed by atoms with Gasteiger partial charge in [0.15, 0.2) is 0 Å². The lowest BCUT2D eigenvalue weighted by atomic mass is 9.87. The van der Waals surface area contributed by atoms with Crippen LogP contribution in [0.15, 0.2) is 65.7 Å². The monoisotopic (exact) mass is 451 g/mol. The summed E-state index contributed by atoms with van der Waals surface area (Å²) < 4.78 is 3.22. The molecular formula is C24H22ClN3O2S. The number of amides is 2. The van der Waals surface area contributed by atoms with E-state index in [2.05, 4.69) is 42.6 Å². The van der Waals surface area contributed by atoms with Crippen LogP contribution in [0.5, 0.6) is 0 Å². The van der Waals surface area contributed by atoms with E-state index in [-0.39, 0.29) is 28.5 Å². The minimum atomic E-state index is -0.404. The van der Waals surface area contributed by atoms with Gasteiger partial charge in [0.25, 0.3) is 11.8 Å². The number of fused-ring (bicyclic) bond motifs is 1. The maximum atomic E-state index is 13.1. The average molecular weight is 452 g/mol. The number of nitrogens with one attached hydrogen (secondary N) is 1. The summed E-state index contributed by atoms with van der Waals surface area (Å²) in [6, 6.07) is 17.0. The van der Waals surface area contributed by atoms with Crippen LogP contribution in [0.4, 0.5) is 5.69 Å². The molecule has 4 rings (SSSR count). The SMILES string of the molecule is CC(C)(C)c1ccc(SNc2ccc(Cl)c3c2C(=O)N(Cc2ccccn2)C3=O)cc1. The second-order valence-corrected chi connectivity index (χ2v) is 9.63. The molecule has 1 aromatic heterocycles. The molecule has 7 heteroatoms. The average Bonchev–Trinajstić information content (AvgIpc) is 3.00. The molecule has 0 spiro atoms. The fourth-order valence-corrected chi connectivity index (χ4v) is 4.30. The Morgan fingerprint density at radius 1 is 0.968 bits per heavy atom. The van der Waals surface area contributed by atoms with Crippen LogP contribution in [0.2, 0.25) is 5.02 Å². The zero-order chi connectivity index (χ0) is 22.2. The zero-order valence-corrected chi connectivity index (χ0v) is 19.1. The molecule has 3 aromatic rings. The zero-order valence-electron chi connectivity index (χ0n) is 17.5. The van der Waals surface area contributed by atoms with Crippen LogP contribution in [-0.2, 0) is 12.0 Å². The molecule has 0 unspecified atom stereocenters. The number of nitrogens with zero attached hydrogens (tertiary/aromatic N) is 2. The lowest BCUT2D eigenvalue weighted by molar-refractivity contribution is 0.0641. The maximum absolute atomic E-state index is 13.1. The number of benzene rings is 2. The van der Waals surface area contributed by atoms with Gasteiger partial charge in [-0.15, -0.1) is 0 Å². The van der Waals surface area contributed by atoms with Crippen LogP contribution in [-0.4, -0.2) is 21.7 Å². The van der Waals surface area contributed by atoms with Crippen molar-refractivity contribution in [3.63, 3.8) is 0 Å². The van der Waals surface area contributed by atoms with Gasteiger partial charge >= 0.3 is 0 Å². The van der Waals surface area contributed by atoms with E-state index in [1.54, 1.807) is 30.5 Å². The first kappa shape index (κ1) is 21.4. The van der Waals surface area contributed by atoms with Gasteiger partial charge in [-0.1, -0.05) is 50.6 Å². The standard InChI is InChI=1S/C24H22ClN3O2S/c1-24(2,3)15-7-9-17(10-8-15)31-27-19-12-11-18(25)20-21(19)23(30)28(22(20)29)14-16-6-4-5-13-26-16/h4-13,27H,14H2,1-3H3. The molecule has 0 aliphatic carbocycles. The molecule has 0 saturated carbocycles. The lowest BCUT2D eigenvalue weighted by Crippen LogP contribution is -2.29. The van der Waals surface area contributed by atoms with Gasteiger partial charge in [0, 0.05) is 11.1 Å². The summed E-state index contributed by atoms with van der Waals surface area (Å²) in [5.41, 5.74) is 3.05. The summed E-state index contributed by atoms with van der Waals surface area (Å²) in [6.45, 7) is 6.61. The Morgan fingerprint density at radius 3 is 2.32 bits per heavy atom. The number of carbonyl (C=O) groups is 2. The topological polar surface area (TPSA) is 62.3 Å². The number of rotatable bonds is 5. The quantitative estimate of drug-likeness (QED) is 0.383. The van der Waals surface area contributed by atoms with Crippen molar-refractivity contribution in [1.29, 1.82) is 0 Å². The lowest BCUT2D eigenvalue weighted by Gasteiger charge is -2.19. The molecule has 0 radical (unpaired) electrons. The van der Waals surface area contributed by atoms with E-state index < -0.39 is 5.91 Å². The van der Waals surface area contributed by atoms with Crippen LogP contribution in [0, 0.1) is 0 Å². The molecule has 1 N–H and O–H groups in total. The van der Waals surface area contributed by atoms with Crippen molar-refractivity contribution in [3.05, 3.63) is 88.2 Å². The van der Waals surface area contributed by atoms with Crippen LogP contribution in [0.25, 0.3) is 0 Å². The van der Waals surface area contributed by atoms with Crippen LogP contribution >= 0.6 is 23.5 Å².